The van der Waals surface area contributed by atoms with Crippen LogP contribution in [0.3, 0.4) is 0 Å². The van der Waals surface area contributed by atoms with E-state index in [0.29, 0.717) is 18.9 Å². The highest BCUT2D eigenvalue weighted by Gasteiger charge is 2.31. The summed E-state index contributed by atoms with van der Waals surface area (Å²) in [5.74, 6) is -0.363. The van der Waals surface area contributed by atoms with Gasteiger partial charge < -0.3 is 5.32 Å². The lowest BCUT2D eigenvalue weighted by Gasteiger charge is -2.30. The lowest BCUT2D eigenvalue weighted by atomic mass is 10.1. The Morgan fingerprint density at radius 2 is 1.83 bits per heavy atom. The number of sulfonamides is 1. The number of halogens is 1. The van der Waals surface area contributed by atoms with Gasteiger partial charge in [0.15, 0.2) is 0 Å². The van der Waals surface area contributed by atoms with Gasteiger partial charge in [0.25, 0.3) is 0 Å². The molecule has 0 aromatic heterocycles. The molecular formula is C16H25FN2O3S. The van der Waals surface area contributed by atoms with Gasteiger partial charge in [-0.15, -0.1) is 0 Å². The van der Waals surface area contributed by atoms with Crippen molar-refractivity contribution in [3.63, 3.8) is 0 Å². The highest BCUT2D eigenvalue weighted by atomic mass is 32.2. The van der Waals surface area contributed by atoms with Crippen LogP contribution in [0, 0.1) is 11.7 Å². The maximum Gasteiger partial charge on any atom is 0.243 e. The first kappa shape index (κ1) is 19.4. The van der Waals surface area contributed by atoms with Crippen LogP contribution in [0.25, 0.3) is 0 Å². The maximum absolute atomic E-state index is 13.1. The molecule has 1 N–H and O–H groups in total. The minimum absolute atomic E-state index is 0.278. The van der Waals surface area contributed by atoms with Gasteiger partial charge in [0, 0.05) is 6.54 Å². The first-order valence-corrected chi connectivity index (χ1v) is 9.54. The van der Waals surface area contributed by atoms with Crippen LogP contribution in [0.4, 0.5) is 10.1 Å². The Labute approximate surface area is 137 Å². The van der Waals surface area contributed by atoms with Crippen LogP contribution in [-0.4, -0.2) is 33.2 Å². The summed E-state index contributed by atoms with van der Waals surface area (Å²) in [6.07, 6.45) is 2.18. The second-order valence-electron chi connectivity index (χ2n) is 5.93. The van der Waals surface area contributed by atoms with E-state index in [1.54, 1.807) is 6.92 Å². The summed E-state index contributed by atoms with van der Waals surface area (Å²) in [5, 5.41) is 2.78. The van der Waals surface area contributed by atoms with Crippen molar-refractivity contribution in [2.45, 2.75) is 39.7 Å². The monoisotopic (exact) mass is 344 g/mol. The number of anilines is 1. The van der Waals surface area contributed by atoms with E-state index in [9.17, 15) is 17.6 Å². The largest absolute Gasteiger partial charge is 0.354 e. The van der Waals surface area contributed by atoms with Gasteiger partial charge in [-0.1, -0.05) is 20.8 Å². The van der Waals surface area contributed by atoms with Gasteiger partial charge >= 0.3 is 0 Å². The molecule has 0 heterocycles. The molecule has 0 saturated carbocycles. The number of hydrogen-bond donors (Lipinski definition) is 1. The molecule has 7 heteroatoms. The van der Waals surface area contributed by atoms with Crippen molar-refractivity contribution >= 4 is 21.6 Å². The average molecular weight is 344 g/mol. The smallest absolute Gasteiger partial charge is 0.243 e. The average Bonchev–Trinajstić information content (AvgIpc) is 2.44. The van der Waals surface area contributed by atoms with Crippen LogP contribution in [0.5, 0.6) is 0 Å². The zero-order valence-electron chi connectivity index (χ0n) is 14.0. The van der Waals surface area contributed by atoms with Crippen LogP contribution in [0.15, 0.2) is 24.3 Å². The van der Waals surface area contributed by atoms with E-state index in [2.05, 4.69) is 5.32 Å². The molecular weight excluding hydrogens is 319 g/mol. The Hall–Kier alpha value is -1.63. The van der Waals surface area contributed by atoms with Gasteiger partial charge in [-0.25, -0.2) is 12.8 Å². The Balaban J connectivity index is 3.03. The molecule has 5 nitrogen and oxygen atoms in total. The fourth-order valence-corrected chi connectivity index (χ4v) is 3.46. The van der Waals surface area contributed by atoms with Crippen LogP contribution in [0.1, 0.15) is 33.6 Å². The summed E-state index contributed by atoms with van der Waals surface area (Å²) in [6, 6.07) is 4.22. The van der Waals surface area contributed by atoms with E-state index in [4.69, 9.17) is 0 Å². The van der Waals surface area contributed by atoms with Gasteiger partial charge in [-0.2, -0.15) is 0 Å². The lowest BCUT2D eigenvalue weighted by Crippen LogP contribution is -2.49. The van der Waals surface area contributed by atoms with E-state index in [-0.39, 0.29) is 11.6 Å². The molecule has 0 aliphatic carbocycles. The van der Waals surface area contributed by atoms with Crippen molar-refractivity contribution in [2.75, 3.05) is 17.1 Å². The zero-order chi connectivity index (χ0) is 17.6. The first-order chi connectivity index (χ1) is 10.7. The van der Waals surface area contributed by atoms with Gasteiger partial charge in [0.05, 0.1) is 11.9 Å². The molecule has 1 amide bonds. The molecule has 1 atom stereocenters. The Kier molecular flexibility index (Phi) is 7.00. The van der Waals surface area contributed by atoms with Crippen molar-refractivity contribution in [2.24, 2.45) is 5.92 Å². The molecule has 23 heavy (non-hydrogen) atoms. The van der Waals surface area contributed by atoms with Crippen molar-refractivity contribution in [3.05, 3.63) is 30.1 Å². The minimum atomic E-state index is -3.68. The molecule has 0 unspecified atom stereocenters. The summed E-state index contributed by atoms with van der Waals surface area (Å²) in [7, 11) is -3.68. The quantitative estimate of drug-likeness (QED) is 0.788. The number of amides is 1. The van der Waals surface area contributed by atoms with E-state index in [1.807, 2.05) is 13.8 Å². The SMILES string of the molecule is CC[C@H](C(=O)NCCC(C)C)N(c1ccc(F)cc1)S(C)(=O)=O. The predicted molar refractivity (Wildman–Crippen MR) is 90.3 cm³/mol. The molecule has 0 fully saturated rings. The second-order valence-corrected chi connectivity index (χ2v) is 7.79. The molecule has 0 radical (unpaired) electrons. The number of hydrogen-bond acceptors (Lipinski definition) is 3. The number of rotatable bonds is 8. The van der Waals surface area contributed by atoms with E-state index in [0.717, 1.165) is 17.0 Å². The number of nitrogens with one attached hydrogen (secondary N) is 1. The van der Waals surface area contributed by atoms with Crippen LogP contribution >= 0.6 is 0 Å². The predicted octanol–water partition coefficient (Wildman–Crippen LogP) is 2.53. The minimum Gasteiger partial charge on any atom is -0.354 e. The van der Waals surface area contributed by atoms with Crippen LogP contribution in [-0.2, 0) is 14.8 Å². The van der Waals surface area contributed by atoms with E-state index < -0.39 is 21.9 Å². The summed E-state index contributed by atoms with van der Waals surface area (Å²) in [5.41, 5.74) is 0.278. The summed E-state index contributed by atoms with van der Waals surface area (Å²) in [6.45, 7) is 6.33. The Morgan fingerprint density at radius 3 is 2.26 bits per heavy atom. The zero-order valence-corrected chi connectivity index (χ0v) is 14.9. The van der Waals surface area contributed by atoms with E-state index >= 15 is 0 Å². The molecule has 0 aliphatic rings. The molecule has 0 bridgehead atoms. The molecule has 0 aliphatic heterocycles. The molecule has 0 saturated heterocycles. The number of carbonyl (C=O) groups excluding carboxylic acids is 1. The van der Waals surface area contributed by atoms with Crippen LogP contribution in [0.2, 0.25) is 0 Å². The van der Waals surface area contributed by atoms with Crippen molar-refractivity contribution in [1.82, 2.24) is 5.32 Å². The number of carbonyl (C=O) groups is 1. The van der Waals surface area contributed by atoms with Crippen molar-refractivity contribution in [1.29, 1.82) is 0 Å². The van der Waals surface area contributed by atoms with Gasteiger partial charge in [0.1, 0.15) is 11.9 Å². The highest BCUT2D eigenvalue weighted by Crippen LogP contribution is 2.22. The van der Waals surface area contributed by atoms with Crippen LogP contribution < -0.4 is 9.62 Å². The lowest BCUT2D eigenvalue weighted by molar-refractivity contribution is -0.122. The Morgan fingerprint density at radius 1 is 1.26 bits per heavy atom. The van der Waals surface area contributed by atoms with Gasteiger partial charge in [-0.05, 0) is 43.0 Å². The van der Waals surface area contributed by atoms with Crippen molar-refractivity contribution < 1.29 is 17.6 Å². The number of benzene rings is 1. The third-order valence-electron chi connectivity index (χ3n) is 3.43. The third kappa shape index (κ3) is 5.82. The molecule has 1 aromatic carbocycles. The topological polar surface area (TPSA) is 66.5 Å². The van der Waals surface area contributed by atoms with E-state index in [1.165, 1.54) is 24.3 Å². The fourth-order valence-electron chi connectivity index (χ4n) is 2.25. The number of nitrogens with zero attached hydrogens (tertiary/aromatic N) is 1. The van der Waals surface area contributed by atoms with Gasteiger partial charge in [0.2, 0.25) is 15.9 Å². The highest BCUT2D eigenvalue weighted by molar-refractivity contribution is 7.92. The molecule has 1 rings (SSSR count). The molecule has 1 aromatic rings. The fraction of sp³-hybridized carbons (Fsp3) is 0.562. The van der Waals surface area contributed by atoms with Crippen molar-refractivity contribution in [3.8, 4) is 0 Å². The Bertz CT molecular complexity index is 615. The second kappa shape index (κ2) is 8.29. The molecule has 0 spiro atoms. The normalized spacial score (nSPS) is 13.0. The third-order valence-corrected chi connectivity index (χ3v) is 4.61. The maximum atomic E-state index is 13.1. The summed E-state index contributed by atoms with van der Waals surface area (Å²) in [4.78, 5) is 12.4. The molecule has 130 valence electrons. The van der Waals surface area contributed by atoms with Gasteiger partial charge in [-0.3, -0.25) is 9.10 Å². The summed E-state index contributed by atoms with van der Waals surface area (Å²) < 4.78 is 38.4. The first-order valence-electron chi connectivity index (χ1n) is 7.69. The standard InChI is InChI=1S/C16H25FN2O3S/c1-5-15(16(20)18-11-10-12(2)3)19(23(4,21)22)14-8-6-13(17)7-9-14/h6-9,12,15H,5,10-11H2,1-4H3,(H,18,20)/t15-/m1/s1. The summed E-state index contributed by atoms with van der Waals surface area (Å²) >= 11 is 0.